The smallest absolute Gasteiger partial charge is 0.312 e. The van der Waals surface area contributed by atoms with Gasteiger partial charge in [-0.15, -0.1) is 0 Å². The summed E-state index contributed by atoms with van der Waals surface area (Å²) in [6, 6.07) is 14.9. The molecule has 2 aromatic carbocycles. The summed E-state index contributed by atoms with van der Waals surface area (Å²) in [5.41, 5.74) is 3.58. The zero-order valence-corrected chi connectivity index (χ0v) is 16.3. The van der Waals surface area contributed by atoms with Gasteiger partial charge in [0, 0.05) is 24.3 Å². The van der Waals surface area contributed by atoms with E-state index in [-0.39, 0.29) is 18.9 Å². The minimum atomic E-state index is -0.947. The molecule has 2 amide bonds. The van der Waals surface area contributed by atoms with Crippen LogP contribution in [0.5, 0.6) is 0 Å². The van der Waals surface area contributed by atoms with Crippen LogP contribution in [0.4, 0.5) is 11.4 Å². The van der Waals surface area contributed by atoms with E-state index >= 15 is 0 Å². The number of benzene rings is 2. The van der Waals surface area contributed by atoms with Crippen LogP contribution in [0.3, 0.4) is 0 Å². The van der Waals surface area contributed by atoms with Crippen LogP contribution in [0.25, 0.3) is 0 Å². The van der Waals surface area contributed by atoms with E-state index in [2.05, 4.69) is 5.32 Å². The van der Waals surface area contributed by atoms with Crippen molar-refractivity contribution in [3.63, 3.8) is 0 Å². The Bertz CT molecular complexity index is 874. The Hall–Kier alpha value is -3.15. The zero-order valence-electron chi connectivity index (χ0n) is 16.3. The van der Waals surface area contributed by atoms with Gasteiger partial charge in [0.05, 0.1) is 5.92 Å². The van der Waals surface area contributed by atoms with Crippen LogP contribution in [0, 0.1) is 19.8 Å². The predicted molar refractivity (Wildman–Crippen MR) is 107 cm³/mol. The van der Waals surface area contributed by atoms with E-state index in [1.54, 1.807) is 17.0 Å². The first-order chi connectivity index (χ1) is 13.3. The van der Waals surface area contributed by atoms with Gasteiger partial charge in [-0.3, -0.25) is 14.4 Å². The molecule has 1 saturated heterocycles. The number of hydrogen-bond acceptors (Lipinski definition) is 4. The number of esters is 1. The first kappa shape index (κ1) is 19.6. The Morgan fingerprint density at radius 2 is 1.61 bits per heavy atom. The Morgan fingerprint density at radius 3 is 2.21 bits per heavy atom. The molecule has 0 saturated carbocycles. The Balaban J connectivity index is 1.56. The number of amides is 2. The van der Waals surface area contributed by atoms with Crippen molar-refractivity contribution >= 4 is 29.2 Å². The fourth-order valence-corrected chi connectivity index (χ4v) is 3.04. The molecule has 2 aromatic rings. The predicted octanol–water partition coefficient (Wildman–Crippen LogP) is 3.23. The van der Waals surface area contributed by atoms with E-state index < -0.39 is 23.9 Å². The summed E-state index contributed by atoms with van der Waals surface area (Å²) in [6.45, 7) is 5.71. The molecule has 6 heteroatoms. The van der Waals surface area contributed by atoms with Gasteiger partial charge in [0.2, 0.25) is 5.91 Å². The summed E-state index contributed by atoms with van der Waals surface area (Å²) in [6.07, 6.45) is -0.865. The fraction of sp³-hybridized carbons (Fsp3) is 0.318. The van der Waals surface area contributed by atoms with Crippen molar-refractivity contribution in [2.45, 2.75) is 33.3 Å². The summed E-state index contributed by atoms with van der Waals surface area (Å²) in [5.74, 6) is -1.64. The third kappa shape index (κ3) is 4.57. The van der Waals surface area contributed by atoms with Gasteiger partial charge in [0.15, 0.2) is 6.10 Å². The number of nitrogens with one attached hydrogen (secondary N) is 1. The highest BCUT2D eigenvalue weighted by molar-refractivity contribution is 6.00. The fourth-order valence-electron chi connectivity index (χ4n) is 3.04. The van der Waals surface area contributed by atoms with Crippen LogP contribution < -0.4 is 10.2 Å². The number of carbonyl (C=O) groups is 3. The minimum absolute atomic E-state index is 0.0824. The van der Waals surface area contributed by atoms with E-state index in [0.29, 0.717) is 5.69 Å². The van der Waals surface area contributed by atoms with Crippen LogP contribution in [0.15, 0.2) is 48.5 Å². The zero-order chi connectivity index (χ0) is 20.3. The maximum atomic E-state index is 12.5. The number of aryl methyl sites for hydroxylation is 2. The monoisotopic (exact) mass is 380 g/mol. The van der Waals surface area contributed by atoms with Gasteiger partial charge in [0.25, 0.3) is 5.91 Å². The lowest BCUT2D eigenvalue weighted by Gasteiger charge is -2.18. The molecule has 1 aliphatic heterocycles. The lowest BCUT2D eigenvalue weighted by atomic mass is 10.1. The van der Waals surface area contributed by atoms with Crippen LogP contribution in [0.1, 0.15) is 24.5 Å². The van der Waals surface area contributed by atoms with Gasteiger partial charge in [-0.05, 0) is 45.0 Å². The van der Waals surface area contributed by atoms with Gasteiger partial charge in [0.1, 0.15) is 0 Å². The van der Waals surface area contributed by atoms with Gasteiger partial charge in [-0.25, -0.2) is 0 Å². The summed E-state index contributed by atoms with van der Waals surface area (Å²) in [7, 11) is 0. The first-order valence-corrected chi connectivity index (χ1v) is 9.28. The molecule has 1 heterocycles. The topological polar surface area (TPSA) is 75.7 Å². The first-order valence-electron chi connectivity index (χ1n) is 9.28. The molecule has 0 aliphatic carbocycles. The average Bonchev–Trinajstić information content (AvgIpc) is 3.06. The van der Waals surface area contributed by atoms with E-state index in [9.17, 15) is 14.4 Å². The number of anilines is 2. The van der Waals surface area contributed by atoms with Crippen LogP contribution in [-0.2, 0) is 19.1 Å². The number of ether oxygens (including phenoxy) is 1. The van der Waals surface area contributed by atoms with Crippen molar-refractivity contribution in [1.82, 2.24) is 0 Å². The van der Waals surface area contributed by atoms with Crippen LogP contribution in [-0.4, -0.2) is 30.4 Å². The molecule has 0 radical (unpaired) electrons. The van der Waals surface area contributed by atoms with Crippen molar-refractivity contribution in [2.75, 3.05) is 16.8 Å². The maximum Gasteiger partial charge on any atom is 0.312 e. The number of nitrogens with zero attached hydrogens (tertiary/aromatic N) is 1. The van der Waals surface area contributed by atoms with Crippen molar-refractivity contribution in [1.29, 1.82) is 0 Å². The highest BCUT2D eigenvalue weighted by atomic mass is 16.5. The standard InChI is InChI=1S/C22H24N2O4/c1-14-4-8-18(9-5-14)23-21(26)16(3)28-22(27)17-12-20(25)24(13-17)19-10-6-15(2)7-11-19/h4-11,16-17H,12-13H2,1-3H3,(H,23,26)/t16-,17+/m0/s1. The molecule has 1 fully saturated rings. The second kappa shape index (κ2) is 8.25. The highest BCUT2D eigenvalue weighted by Crippen LogP contribution is 2.26. The molecular weight excluding hydrogens is 356 g/mol. The van der Waals surface area contributed by atoms with Gasteiger partial charge < -0.3 is 15.0 Å². The molecule has 1 N–H and O–H groups in total. The molecule has 0 spiro atoms. The van der Waals surface area contributed by atoms with Crippen LogP contribution >= 0.6 is 0 Å². The third-order valence-corrected chi connectivity index (χ3v) is 4.79. The van der Waals surface area contributed by atoms with E-state index in [1.165, 1.54) is 6.92 Å². The van der Waals surface area contributed by atoms with Crippen molar-refractivity contribution in [3.05, 3.63) is 59.7 Å². The largest absolute Gasteiger partial charge is 0.452 e. The summed E-state index contributed by atoms with van der Waals surface area (Å²) in [5, 5.41) is 2.72. The van der Waals surface area contributed by atoms with E-state index in [0.717, 1.165) is 16.8 Å². The second-order valence-electron chi connectivity index (χ2n) is 7.18. The molecule has 146 valence electrons. The molecule has 2 atom stereocenters. The number of carbonyl (C=O) groups excluding carboxylic acids is 3. The highest BCUT2D eigenvalue weighted by Gasteiger charge is 2.37. The van der Waals surface area contributed by atoms with Crippen molar-refractivity contribution in [3.8, 4) is 0 Å². The molecule has 6 nitrogen and oxygen atoms in total. The van der Waals surface area contributed by atoms with Crippen molar-refractivity contribution < 1.29 is 19.1 Å². The summed E-state index contributed by atoms with van der Waals surface area (Å²) >= 11 is 0. The minimum Gasteiger partial charge on any atom is -0.452 e. The third-order valence-electron chi connectivity index (χ3n) is 4.79. The van der Waals surface area contributed by atoms with Gasteiger partial charge >= 0.3 is 5.97 Å². The molecule has 28 heavy (non-hydrogen) atoms. The quantitative estimate of drug-likeness (QED) is 0.808. The maximum absolute atomic E-state index is 12.5. The number of rotatable bonds is 5. The summed E-state index contributed by atoms with van der Waals surface area (Å²) in [4.78, 5) is 38.6. The van der Waals surface area contributed by atoms with Gasteiger partial charge in [-0.2, -0.15) is 0 Å². The SMILES string of the molecule is Cc1ccc(NC(=O)[C@H](C)OC(=O)[C@@H]2CC(=O)N(c3ccc(C)cc3)C2)cc1. The normalized spacial score (nSPS) is 17.3. The molecule has 0 unspecified atom stereocenters. The lowest BCUT2D eigenvalue weighted by molar-refractivity contribution is -0.157. The Labute approximate surface area is 164 Å². The molecule has 1 aliphatic rings. The van der Waals surface area contributed by atoms with Crippen molar-refractivity contribution in [2.24, 2.45) is 5.92 Å². The molecule has 0 bridgehead atoms. The lowest BCUT2D eigenvalue weighted by Crippen LogP contribution is -2.33. The Morgan fingerprint density at radius 1 is 1.04 bits per heavy atom. The Kier molecular flexibility index (Phi) is 5.78. The molecular formula is C22H24N2O4. The van der Waals surface area contributed by atoms with Gasteiger partial charge in [-0.1, -0.05) is 35.4 Å². The number of hydrogen-bond donors (Lipinski definition) is 1. The molecule has 0 aromatic heterocycles. The van der Waals surface area contributed by atoms with E-state index in [4.69, 9.17) is 4.74 Å². The van der Waals surface area contributed by atoms with E-state index in [1.807, 2.05) is 50.2 Å². The summed E-state index contributed by atoms with van der Waals surface area (Å²) < 4.78 is 5.31. The van der Waals surface area contributed by atoms with Crippen LogP contribution in [0.2, 0.25) is 0 Å². The average molecular weight is 380 g/mol. The molecule has 3 rings (SSSR count). The second-order valence-corrected chi connectivity index (χ2v) is 7.18.